The molecular formula is C12H14IN5O. The molecule has 0 fully saturated rings. The number of benzene rings is 1. The van der Waals surface area contributed by atoms with Gasteiger partial charge in [-0.3, -0.25) is 0 Å². The van der Waals surface area contributed by atoms with Gasteiger partial charge in [0.1, 0.15) is 5.75 Å². The van der Waals surface area contributed by atoms with Gasteiger partial charge in [-0.05, 0) is 40.8 Å². The minimum Gasteiger partial charge on any atom is -0.424 e. The van der Waals surface area contributed by atoms with Crippen LogP contribution in [0.2, 0.25) is 0 Å². The molecule has 0 unspecified atom stereocenters. The van der Waals surface area contributed by atoms with Crippen LogP contribution in [0.25, 0.3) is 0 Å². The molecule has 0 radical (unpaired) electrons. The first-order chi connectivity index (χ1) is 9.08. The van der Waals surface area contributed by atoms with E-state index in [2.05, 4.69) is 42.9 Å². The lowest BCUT2D eigenvalue weighted by Crippen LogP contribution is -2.15. The molecule has 1 heterocycles. The molecule has 0 spiro atoms. The fourth-order valence-corrected chi connectivity index (χ4v) is 1.85. The number of halogens is 1. The second kappa shape index (κ2) is 6.00. The second-order valence-electron chi connectivity index (χ2n) is 3.95. The molecule has 1 N–H and O–H groups in total. The average molecular weight is 371 g/mol. The lowest BCUT2D eigenvalue weighted by molar-refractivity contribution is 0.440. The molecule has 0 bridgehead atoms. The molecule has 6 nitrogen and oxygen atoms in total. The SMILES string of the molecule is CNc1nc(Oc2cccc(I)c2)nc(N(C)C)n1. The number of anilines is 2. The van der Waals surface area contributed by atoms with Crippen molar-refractivity contribution in [3.05, 3.63) is 27.8 Å². The van der Waals surface area contributed by atoms with Crippen molar-refractivity contribution in [1.82, 2.24) is 15.0 Å². The molecule has 0 saturated heterocycles. The van der Waals surface area contributed by atoms with Gasteiger partial charge in [-0.2, -0.15) is 15.0 Å². The predicted octanol–water partition coefficient (Wildman–Crippen LogP) is 2.38. The van der Waals surface area contributed by atoms with E-state index in [0.29, 0.717) is 17.6 Å². The highest BCUT2D eigenvalue weighted by Crippen LogP contribution is 2.22. The summed E-state index contributed by atoms with van der Waals surface area (Å²) < 4.78 is 6.75. The molecule has 100 valence electrons. The normalized spacial score (nSPS) is 10.1. The van der Waals surface area contributed by atoms with E-state index in [1.54, 1.807) is 11.9 Å². The van der Waals surface area contributed by atoms with E-state index in [4.69, 9.17) is 4.74 Å². The summed E-state index contributed by atoms with van der Waals surface area (Å²) in [6.07, 6.45) is 0. The van der Waals surface area contributed by atoms with Crippen molar-refractivity contribution in [2.45, 2.75) is 0 Å². The van der Waals surface area contributed by atoms with Crippen LogP contribution in [0.5, 0.6) is 11.8 Å². The Balaban J connectivity index is 2.31. The maximum absolute atomic E-state index is 5.66. The lowest BCUT2D eigenvalue weighted by atomic mass is 10.3. The van der Waals surface area contributed by atoms with Gasteiger partial charge in [0.2, 0.25) is 11.9 Å². The largest absolute Gasteiger partial charge is 0.424 e. The van der Waals surface area contributed by atoms with Crippen molar-refractivity contribution >= 4 is 34.5 Å². The quantitative estimate of drug-likeness (QED) is 0.833. The highest BCUT2D eigenvalue weighted by Gasteiger charge is 2.09. The Labute approximate surface area is 125 Å². The standard InChI is InChI=1S/C12H14IN5O/c1-14-10-15-11(18(2)3)17-12(16-10)19-9-6-4-5-8(13)7-9/h4-7H,1-3H3,(H,14,15,16,17). The van der Waals surface area contributed by atoms with Gasteiger partial charge in [0.15, 0.2) is 0 Å². The van der Waals surface area contributed by atoms with Crippen LogP contribution in [0.15, 0.2) is 24.3 Å². The van der Waals surface area contributed by atoms with Gasteiger partial charge in [-0.25, -0.2) is 0 Å². The zero-order chi connectivity index (χ0) is 13.8. The predicted molar refractivity (Wildman–Crippen MR) is 82.9 cm³/mol. The highest BCUT2D eigenvalue weighted by molar-refractivity contribution is 14.1. The maximum Gasteiger partial charge on any atom is 0.328 e. The summed E-state index contributed by atoms with van der Waals surface area (Å²) in [6, 6.07) is 7.96. The Kier molecular flexibility index (Phi) is 4.35. The summed E-state index contributed by atoms with van der Waals surface area (Å²) in [5, 5.41) is 2.89. The fraction of sp³-hybridized carbons (Fsp3) is 0.250. The van der Waals surface area contributed by atoms with Crippen LogP contribution in [-0.4, -0.2) is 36.1 Å². The van der Waals surface area contributed by atoms with E-state index in [0.717, 1.165) is 3.57 Å². The third-order valence-electron chi connectivity index (χ3n) is 2.23. The topological polar surface area (TPSA) is 63.2 Å². The van der Waals surface area contributed by atoms with Gasteiger partial charge in [0.05, 0.1) is 0 Å². The first kappa shape index (κ1) is 13.8. The fourth-order valence-electron chi connectivity index (χ4n) is 1.34. The monoisotopic (exact) mass is 371 g/mol. The minimum atomic E-state index is 0.269. The molecule has 7 heteroatoms. The van der Waals surface area contributed by atoms with Crippen molar-refractivity contribution < 1.29 is 4.74 Å². The van der Waals surface area contributed by atoms with Crippen LogP contribution in [0.1, 0.15) is 0 Å². The van der Waals surface area contributed by atoms with Gasteiger partial charge < -0.3 is 15.0 Å². The molecule has 0 amide bonds. The minimum absolute atomic E-state index is 0.269. The second-order valence-corrected chi connectivity index (χ2v) is 5.19. The van der Waals surface area contributed by atoms with Gasteiger partial charge in [0.25, 0.3) is 0 Å². The Hall–Kier alpha value is -1.64. The first-order valence-corrected chi connectivity index (χ1v) is 6.71. The molecule has 0 atom stereocenters. The van der Waals surface area contributed by atoms with Crippen LogP contribution in [-0.2, 0) is 0 Å². The van der Waals surface area contributed by atoms with E-state index in [1.807, 2.05) is 38.4 Å². The van der Waals surface area contributed by atoms with Crippen LogP contribution in [0, 0.1) is 3.57 Å². The van der Waals surface area contributed by atoms with Crippen LogP contribution in [0.3, 0.4) is 0 Å². The number of aromatic nitrogens is 3. The summed E-state index contributed by atoms with van der Waals surface area (Å²) in [5.41, 5.74) is 0. The van der Waals surface area contributed by atoms with Gasteiger partial charge in [-0.15, -0.1) is 0 Å². The van der Waals surface area contributed by atoms with E-state index < -0.39 is 0 Å². The smallest absolute Gasteiger partial charge is 0.328 e. The Morgan fingerprint density at radius 2 is 2.00 bits per heavy atom. The number of nitrogens with zero attached hydrogens (tertiary/aromatic N) is 4. The summed E-state index contributed by atoms with van der Waals surface area (Å²) in [4.78, 5) is 14.4. The van der Waals surface area contributed by atoms with Crippen molar-refractivity contribution in [2.24, 2.45) is 0 Å². The lowest BCUT2D eigenvalue weighted by Gasteiger charge is -2.12. The maximum atomic E-state index is 5.66. The van der Waals surface area contributed by atoms with Crippen LogP contribution in [0.4, 0.5) is 11.9 Å². The number of ether oxygens (including phenoxy) is 1. The molecule has 2 aromatic rings. The van der Waals surface area contributed by atoms with Crippen LogP contribution < -0.4 is 15.0 Å². The Morgan fingerprint density at radius 1 is 1.21 bits per heavy atom. The molecule has 0 aliphatic carbocycles. The van der Waals surface area contributed by atoms with E-state index in [-0.39, 0.29) is 6.01 Å². The Bertz CT molecular complexity index is 576. The highest BCUT2D eigenvalue weighted by atomic mass is 127. The zero-order valence-electron chi connectivity index (χ0n) is 10.9. The van der Waals surface area contributed by atoms with Gasteiger partial charge in [-0.1, -0.05) is 6.07 Å². The van der Waals surface area contributed by atoms with Gasteiger partial charge in [0, 0.05) is 24.7 Å². The zero-order valence-corrected chi connectivity index (χ0v) is 13.0. The molecule has 1 aromatic carbocycles. The summed E-state index contributed by atoms with van der Waals surface area (Å²) >= 11 is 2.23. The summed E-state index contributed by atoms with van der Waals surface area (Å²) in [7, 11) is 5.48. The molecule has 0 aliphatic rings. The van der Waals surface area contributed by atoms with Crippen LogP contribution >= 0.6 is 22.6 Å². The van der Waals surface area contributed by atoms with Gasteiger partial charge >= 0.3 is 6.01 Å². The number of hydrogen-bond donors (Lipinski definition) is 1. The molecule has 0 aliphatic heterocycles. The molecule has 2 rings (SSSR count). The summed E-state index contributed by atoms with van der Waals surface area (Å²) in [5.74, 6) is 1.71. The average Bonchev–Trinajstić information content (AvgIpc) is 2.38. The van der Waals surface area contributed by atoms with Crippen molar-refractivity contribution in [2.75, 3.05) is 31.4 Å². The van der Waals surface area contributed by atoms with Crippen molar-refractivity contribution in [3.63, 3.8) is 0 Å². The van der Waals surface area contributed by atoms with Crippen molar-refractivity contribution in [3.8, 4) is 11.8 Å². The summed E-state index contributed by atoms with van der Waals surface area (Å²) in [6.45, 7) is 0. The number of nitrogens with one attached hydrogen (secondary N) is 1. The third kappa shape index (κ3) is 3.66. The van der Waals surface area contributed by atoms with E-state index in [9.17, 15) is 0 Å². The molecular weight excluding hydrogens is 357 g/mol. The molecule has 0 saturated carbocycles. The Morgan fingerprint density at radius 3 is 2.63 bits per heavy atom. The van der Waals surface area contributed by atoms with Crippen molar-refractivity contribution in [1.29, 1.82) is 0 Å². The molecule has 19 heavy (non-hydrogen) atoms. The molecule has 1 aromatic heterocycles. The number of rotatable bonds is 4. The number of hydrogen-bond acceptors (Lipinski definition) is 6. The van der Waals surface area contributed by atoms with E-state index >= 15 is 0 Å². The third-order valence-corrected chi connectivity index (χ3v) is 2.90. The van der Waals surface area contributed by atoms with E-state index in [1.165, 1.54) is 0 Å². The first-order valence-electron chi connectivity index (χ1n) is 5.63.